The highest BCUT2D eigenvalue weighted by atomic mass is 35.5. The van der Waals surface area contributed by atoms with E-state index in [9.17, 15) is 4.79 Å². The van der Waals surface area contributed by atoms with Gasteiger partial charge in [-0.2, -0.15) is 4.98 Å². The Morgan fingerprint density at radius 3 is 2.44 bits per heavy atom. The van der Waals surface area contributed by atoms with Crippen LogP contribution in [0.15, 0.2) is 12.1 Å². The number of ether oxygens (including phenoxy) is 2. The highest BCUT2D eigenvalue weighted by Gasteiger charge is 2.19. The number of carbonyl (C=O) groups excluding carboxylic acids is 1. The van der Waals surface area contributed by atoms with Gasteiger partial charge in [0, 0.05) is 25.5 Å². The molecule has 10 heteroatoms. The second-order valence-corrected chi connectivity index (χ2v) is 7.16. The number of thiazole rings is 1. The first-order valence-corrected chi connectivity index (χ1v) is 9.08. The molecule has 0 radical (unpaired) electrons. The predicted octanol–water partition coefficient (Wildman–Crippen LogP) is 3.51. The number of carbonyl (C=O) groups is 1. The zero-order valence-electron chi connectivity index (χ0n) is 15.5. The smallest absolute Gasteiger partial charge is 0.265 e. The summed E-state index contributed by atoms with van der Waals surface area (Å²) in [6.45, 7) is 1.79. The van der Waals surface area contributed by atoms with E-state index in [1.54, 1.807) is 47.4 Å². The van der Waals surface area contributed by atoms with Gasteiger partial charge < -0.3 is 19.7 Å². The Hall–Kier alpha value is -2.65. The Morgan fingerprint density at radius 2 is 1.81 bits per heavy atom. The Bertz CT molecular complexity index is 1020. The lowest BCUT2D eigenvalue weighted by atomic mass is 10.2. The third-order valence-corrected chi connectivity index (χ3v) is 5.03. The number of rotatable bonds is 5. The maximum atomic E-state index is 12.2. The van der Waals surface area contributed by atoms with Gasteiger partial charge in [-0.25, -0.2) is 9.97 Å². The van der Waals surface area contributed by atoms with Crippen molar-refractivity contribution in [2.45, 2.75) is 6.92 Å². The molecule has 1 aromatic carbocycles. The van der Waals surface area contributed by atoms with Gasteiger partial charge in [-0.1, -0.05) is 11.3 Å². The fraction of sp³-hybridized carbons (Fsp3) is 0.294. The first-order chi connectivity index (χ1) is 12.8. The Kier molecular flexibility index (Phi) is 5.33. The number of methoxy groups -OCH3 is 2. The van der Waals surface area contributed by atoms with Gasteiger partial charge in [0.1, 0.15) is 10.7 Å². The molecule has 2 heterocycles. The van der Waals surface area contributed by atoms with Crippen molar-refractivity contribution >= 4 is 50.7 Å². The van der Waals surface area contributed by atoms with Gasteiger partial charge in [-0.15, -0.1) is 0 Å². The standard InChI is InChI=1S/C17H18ClN5O3S/c1-8-13(15(24)23(2)3)27-17(19-8)22-14-9-6-11(25-4)12(26-5)7-10(9)20-16(18)21-14/h6-7H,1-5H3,(H,19,20,21,22). The molecule has 0 unspecified atom stereocenters. The average Bonchev–Trinajstić information content (AvgIpc) is 2.99. The van der Waals surface area contributed by atoms with E-state index in [0.717, 1.165) is 0 Å². The molecule has 27 heavy (non-hydrogen) atoms. The molecule has 0 spiro atoms. The summed E-state index contributed by atoms with van der Waals surface area (Å²) in [5.41, 5.74) is 1.23. The molecule has 0 saturated carbocycles. The van der Waals surface area contributed by atoms with Crippen LogP contribution in [0, 0.1) is 6.92 Å². The largest absolute Gasteiger partial charge is 0.493 e. The van der Waals surface area contributed by atoms with Crippen LogP contribution in [0.25, 0.3) is 10.9 Å². The fourth-order valence-electron chi connectivity index (χ4n) is 2.48. The molecule has 0 bridgehead atoms. The molecule has 0 aliphatic heterocycles. The van der Waals surface area contributed by atoms with Crippen molar-refractivity contribution in [2.75, 3.05) is 33.6 Å². The van der Waals surface area contributed by atoms with Crippen molar-refractivity contribution in [2.24, 2.45) is 0 Å². The SMILES string of the molecule is COc1cc2nc(Cl)nc(Nc3nc(C)c(C(=O)N(C)C)s3)c2cc1OC. The Morgan fingerprint density at radius 1 is 1.15 bits per heavy atom. The molecule has 0 aliphatic carbocycles. The third-order valence-electron chi connectivity index (χ3n) is 3.80. The molecule has 1 amide bonds. The first-order valence-electron chi connectivity index (χ1n) is 7.89. The summed E-state index contributed by atoms with van der Waals surface area (Å²) in [5, 5.41) is 4.43. The van der Waals surface area contributed by atoms with Crippen molar-refractivity contribution in [3.05, 3.63) is 28.0 Å². The number of hydrogen-bond acceptors (Lipinski definition) is 8. The van der Waals surface area contributed by atoms with E-state index >= 15 is 0 Å². The summed E-state index contributed by atoms with van der Waals surface area (Å²) in [7, 11) is 6.50. The number of nitrogens with one attached hydrogen (secondary N) is 1. The normalized spacial score (nSPS) is 10.7. The highest BCUT2D eigenvalue weighted by Crippen LogP contribution is 2.36. The number of nitrogens with zero attached hydrogens (tertiary/aromatic N) is 4. The number of benzene rings is 1. The van der Waals surface area contributed by atoms with Crippen molar-refractivity contribution in [1.82, 2.24) is 19.9 Å². The number of anilines is 2. The lowest BCUT2D eigenvalue weighted by molar-refractivity contribution is 0.0831. The molecule has 3 rings (SSSR count). The Balaban J connectivity index is 2.07. The third kappa shape index (κ3) is 3.74. The first kappa shape index (κ1) is 19.1. The van der Waals surface area contributed by atoms with Gasteiger partial charge in [0.05, 0.1) is 25.4 Å². The molecular weight excluding hydrogens is 390 g/mol. The van der Waals surface area contributed by atoms with E-state index in [-0.39, 0.29) is 11.2 Å². The van der Waals surface area contributed by atoms with Crippen LogP contribution in [0.4, 0.5) is 10.9 Å². The summed E-state index contributed by atoms with van der Waals surface area (Å²) in [6.07, 6.45) is 0. The fourth-order valence-corrected chi connectivity index (χ4v) is 3.64. The number of fused-ring (bicyclic) bond motifs is 1. The van der Waals surface area contributed by atoms with Crippen LogP contribution in [0.5, 0.6) is 11.5 Å². The zero-order valence-corrected chi connectivity index (χ0v) is 17.0. The average molecular weight is 408 g/mol. The summed E-state index contributed by atoms with van der Waals surface area (Å²) >= 11 is 7.33. The van der Waals surface area contributed by atoms with Crippen LogP contribution < -0.4 is 14.8 Å². The summed E-state index contributed by atoms with van der Waals surface area (Å²) < 4.78 is 10.7. The molecule has 1 N–H and O–H groups in total. The minimum absolute atomic E-state index is 0.0788. The summed E-state index contributed by atoms with van der Waals surface area (Å²) in [5.74, 6) is 1.44. The van der Waals surface area contributed by atoms with Crippen molar-refractivity contribution in [1.29, 1.82) is 0 Å². The maximum Gasteiger partial charge on any atom is 0.265 e. The minimum atomic E-state index is -0.102. The van der Waals surface area contributed by atoms with Crippen molar-refractivity contribution in [3.8, 4) is 11.5 Å². The molecule has 3 aromatic rings. The van der Waals surface area contributed by atoms with Crippen LogP contribution in [0.3, 0.4) is 0 Å². The topological polar surface area (TPSA) is 89.5 Å². The monoisotopic (exact) mass is 407 g/mol. The molecule has 2 aromatic heterocycles. The van der Waals surface area contributed by atoms with Crippen LogP contribution in [-0.4, -0.2) is 54.1 Å². The van der Waals surface area contributed by atoms with Crippen molar-refractivity contribution in [3.63, 3.8) is 0 Å². The van der Waals surface area contributed by atoms with Gasteiger partial charge in [-0.05, 0) is 24.6 Å². The predicted molar refractivity (Wildman–Crippen MR) is 106 cm³/mol. The second kappa shape index (κ2) is 7.53. The molecule has 142 valence electrons. The number of halogens is 1. The van der Waals surface area contributed by atoms with Gasteiger partial charge in [0.2, 0.25) is 5.28 Å². The number of amides is 1. The second-order valence-electron chi connectivity index (χ2n) is 5.82. The van der Waals surface area contributed by atoms with Crippen LogP contribution in [0.2, 0.25) is 5.28 Å². The summed E-state index contributed by atoms with van der Waals surface area (Å²) in [4.78, 5) is 27.2. The molecule has 8 nitrogen and oxygen atoms in total. The lowest BCUT2D eigenvalue weighted by Crippen LogP contribution is -2.21. The van der Waals surface area contributed by atoms with E-state index in [1.165, 1.54) is 16.2 Å². The Labute approximate surface area is 165 Å². The molecule has 0 saturated heterocycles. The summed E-state index contributed by atoms with van der Waals surface area (Å²) in [6, 6.07) is 3.49. The van der Waals surface area contributed by atoms with Crippen LogP contribution >= 0.6 is 22.9 Å². The molecule has 0 aliphatic rings. The maximum absolute atomic E-state index is 12.2. The van der Waals surface area contributed by atoms with E-state index in [0.29, 0.717) is 43.9 Å². The van der Waals surface area contributed by atoms with Gasteiger partial charge in [0.25, 0.3) is 5.91 Å². The zero-order chi connectivity index (χ0) is 19.7. The van der Waals surface area contributed by atoms with E-state index < -0.39 is 0 Å². The number of aromatic nitrogens is 3. The van der Waals surface area contributed by atoms with E-state index in [1.807, 2.05) is 0 Å². The van der Waals surface area contributed by atoms with Gasteiger partial charge in [-0.3, -0.25) is 4.79 Å². The quantitative estimate of drug-likeness (QED) is 0.647. The van der Waals surface area contributed by atoms with Crippen LogP contribution in [-0.2, 0) is 0 Å². The number of aryl methyl sites for hydroxylation is 1. The van der Waals surface area contributed by atoms with E-state index in [4.69, 9.17) is 21.1 Å². The van der Waals surface area contributed by atoms with E-state index in [2.05, 4.69) is 20.3 Å². The lowest BCUT2D eigenvalue weighted by Gasteiger charge is -2.11. The van der Waals surface area contributed by atoms with Crippen molar-refractivity contribution < 1.29 is 14.3 Å². The highest BCUT2D eigenvalue weighted by molar-refractivity contribution is 7.17. The minimum Gasteiger partial charge on any atom is -0.493 e. The molecular formula is C17H18ClN5O3S. The number of hydrogen-bond donors (Lipinski definition) is 1. The molecule has 0 fully saturated rings. The van der Waals surface area contributed by atoms with Crippen LogP contribution in [0.1, 0.15) is 15.4 Å². The van der Waals surface area contributed by atoms with Gasteiger partial charge >= 0.3 is 0 Å². The molecule has 0 atom stereocenters. The van der Waals surface area contributed by atoms with Gasteiger partial charge in [0.15, 0.2) is 16.6 Å².